The molecule has 3 aromatic carbocycles. The summed E-state index contributed by atoms with van der Waals surface area (Å²) >= 11 is 0. The summed E-state index contributed by atoms with van der Waals surface area (Å²) in [4.78, 5) is 4.93. The Morgan fingerprint density at radius 2 is 1.44 bits per heavy atom. The van der Waals surface area contributed by atoms with Crippen molar-refractivity contribution < 1.29 is 0 Å². The van der Waals surface area contributed by atoms with Gasteiger partial charge in [-0.1, -0.05) is 86.5 Å². The van der Waals surface area contributed by atoms with Crippen molar-refractivity contribution in [3.05, 3.63) is 90.3 Å². The molecule has 1 aromatic heterocycles. The van der Waals surface area contributed by atoms with Gasteiger partial charge in [0.25, 0.3) is 0 Å². The van der Waals surface area contributed by atoms with Crippen LogP contribution in [0.5, 0.6) is 0 Å². The van der Waals surface area contributed by atoms with Crippen molar-refractivity contribution >= 4 is 11.0 Å². The van der Waals surface area contributed by atoms with Crippen molar-refractivity contribution in [3.63, 3.8) is 0 Å². The van der Waals surface area contributed by atoms with Crippen LogP contribution in [-0.4, -0.2) is 9.55 Å². The van der Waals surface area contributed by atoms with Crippen LogP contribution in [0.15, 0.2) is 78.9 Å². The minimum absolute atomic E-state index is 0.871. The molecule has 136 valence electrons. The van der Waals surface area contributed by atoms with E-state index in [9.17, 15) is 0 Å². The molecule has 0 N–H and O–H groups in total. The van der Waals surface area contributed by atoms with Crippen LogP contribution >= 0.6 is 0 Å². The van der Waals surface area contributed by atoms with E-state index in [2.05, 4.69) is 90.4 Å². The Kier molecular flexibility index (Phi) is 5.34. The SMILES string of the molecule is CCCCCn1c(Cc2ccc(-c3ccccc3)cc2)nc2ccccc21. The minimum Gasteiger partial charge on any atom is -0.328 e. The number of unbranched alkanes of at least 4 members (excludes halogenated alkanes) is 2. The van der Waals surface area contributed by atoms with Crippen molar-refractivity contribution in [2.24, 2.45) is 0 Å². The van der Waals surface area contributed by atoms with Crippen molar-refractivity contribution in [3.8, 4) is 11.1 Å². The van der Waals surface area contributed by atoms with Gasteiger partial charge in [-0.2, -0.15) is 0 Å². The lowest BCUT2D eigenvalue weighted by Gasteiger charge is -2.10. The number of imidazole rings is 1. The summed E-state index contributed by atoms with van der Waals surface area (Å²) in [5.41, 5.74) is 6.18. The molecule has 0 aliphatic carbocycles. The zero-order valence-electron chi connectivity index (χ0n) is 15.9. The number of rotatable bonds is 7. The highest BCUT2D eigenvalue weighted by molar-refractivity contribution is 5.76. The zero-order valence-corrected chi connectivity index (χ0v) is 15.9. The van der Waals surface area contributed by atoms with Crippen LogP contribution in [0.2, 0.25) is 0 Å². The fraction of sp³-hybridized carbons (Fsp3) is 0.240. The molecule has 0 aliphatic rings. The summed E-state index contributed by atoms with van der Waals surface area (Å²) in [6.45, 7) is 3.30. The molecule has 2 nitrogen and oxygen atoms in total. The molecule has 0 aliphatic heterocycles. The van der Waals surface area contributed by atoms with Gasteiger partial charge in [0.05, 0.1) is 11.0 Å². The summed E-state index contributed by atoms with van der Waals surface area (Å²) < 4.78 is 2.41. The molecular formula is C25H26N2. The Hall–Kier alpha value is -2.87. The van der Waals surface area contributed by atoms with E-state index in [1.54, 1.807) is 0 Å². The number of benzene rings is 3. The maximum Gasteiger partial charge on any atom is 0.114 e. The smallest absolute Gasteiger partial charge is 0.114 e. The molecule has 0 saturated carbocycles. The molecular weight excluding hydrogens is 328 g/mol. The largest absolute Gasteiger partial charge is 0.328 e. The minimum atomic E-state index is 0.871. The number of para-hydroxylation sites is 2. The molecule has 0 bridgehead atoms. The number of hydrogen-bond donors (Lipinski definition) is 0. The second-order valence-electron chi connectivity index (χ2n) is 7.12. The van der Waals surface area contributed by atoms with Crippen molar-refractivity contribution in [2.75, 3.05) is 0 Å². The first-order chi connectivity index (χ1) is 13.3. The summed E-state index contributed by atoms with van der Waals surface area (Å²) in [6.07, 6.45) is 4.58. The quantitative estimate of drug-likeness (QED) is 0.347. The summed E-state index contributed by atoms with van der Waals surface area (Å²) in [5, 5.41) is 0. The highest BCUT2D eigenvalue weighted by Crippen LogP contribution is 2.22. The number of nitrogens with zero attached hydrogens (tertiary/aromatic N) is 2. The van der Waals surface area contributed by atoms with Gasteiger partial charge in [0, 0.05) is 13.0 Å². The van der Waals surface area contributed by atoms with Crippen molar-refractivity contribution in [2.45, 2.75) is 39.2 Å². The Bertz CT molecular complexity index is 998. The van der Waals surface area contributed by atoms with E-state index < -0.39 is 0 Å². The zero-order chi connectivity index (χ0) is 18.5. The molecule has 1 heterocycles. The van der Waals surface area contributed by atoms with Crippen LogP contribution in [0.1, 0.15) is 37.6 Å². The third-order valence-corrected chi connectivity index (χ3v) is 5.14. The molecule has 0 atom stereocenters. The van der Waals surface area contributed by atoms with Gasteiger partial charge >= 0.3 is 0 Å². The van der Waals surface area contributed by atoms with E-state index in [-0.39, 0.29) is 0 Å². The molecule has 0 spiro atoms. The number of aryl methyl sites for hydroxylation is 1. The lowest BCUT2D eigenvalue weighted by molar-refractivity contribution is 0.596. The van der Waals surface area contributed by atoms with Crippen molar-refractivity contribution in [1.29, 1.82) is 0 Å². The van der Waals surface area contributed by atoms with Gasteiger partial charge in [0.2, 0.25) is 0 Å². The third-order valence-electron chi connectivity index (χ3n) is 5.14. The average Bonchev–Trinajstić information content (AvgIpc) is 3.07. The number of aromatic nitrogens is 2. The maximum atomic E-state index is 4.93. The maximum absolute atomic E-state index is 4.93. The second kappa shape index (κ2) is 8.22. The second-order valence-corrected chi connectivity index (χ2v) is 7.12. The van der Waals surface area contributed by atoms with E-state index in [0.29, 0.717) is 0 Å². The molecule has 0 radical (unpaired) electrons. The van der Waals surface area contributed by atoms with E-state index in [1.807, 2.05) is 0 Å². The number of fused-ring (bicyclic) bond motifs is 1. The Morgan fingerprint density at radius 1 is 0.741 bits per heavy atom. The normalized spacial score (nSPS) is 11.1. The standard InChI is InChI=1S/C25H26N2/c1-2-3-9-18-27-24-13-8-7-12-23(24)26-25(27)19-20-14-16-22(17-15-20)21-10-5-4-6-11-21/h4-8,10-17H,2-3,9,18-19H2,1H3. The van der Waals surface area contributed by atoms with Crippen LogP contribution in [0.4, 0.5) is 0 Å². The fourth-order valence-corrected chi connectivity index (χ4v) is 3.66. The molecule has 27 heavy (non-hydrogen) atoms. The third kappa shape index (κ3) is 3.95. The van der Waals surface area contributed by atoms with E-state index in [1.165, 1.54) is 47.3 Å². The molecule has 0 fully saturated rings. The predicted molar refractivity (Wildman–Crippen MR) is 114 cm³/mol. The first-order valence-corrected chi connectivity index (χ1v) is 9.93. The molecule has 0 amide bonds. The Morgan fingerprint density at radius 3 is 2.22 bits per heavy atom. The van der Waals surface area contributed by atoms with Gasteiger partial charge in [0.1, 0.15) is 5.82 Å². The van der Waals surface area contributed by atoms with Crippen LogP contribution in [0.25, 0.3) is 22.2 Å². The van der Waals surface area contributed by atoms with E-state index >= 15 is 0 Å². The highest BCUT2D eigenvalue weighted by atomic mass is 15.1. The lowest BCUT2D eigenvalue weighted by Crippen LogP contribution is -2.05. The molecule has 0 saturated heterocycles. The predicted octanol–water partition coefficient (Wildman–Crippen LogP) is 6.48. The first kappa shape index (κ1) is 17.5. The topological polar surface area (TPSA) is 17.8 Å². The van der Waals surface area contributed by atoms with Gasteiger partial charge in [-0.15, -0.1) is 0 Å². The van der Waals surface area contributed by atoms with Gasteiger partial charge in [-0.3, -0.25) is 0 Å². The monoisotopic (exact) mass is 354 g/mol. The van der Waals surface area contributed by atoms with Crippen LogP contribution < -0.4 is 0 Å². The fourth-order valence-electron chi connectivity index (χ4n) is 3.66. The average molecular weight is 354 g/mol. The molecule has 2 heteroatoms. The van der Waals surface area contributed by atoms with Gasteiger partial charge in [0.15, 0.2) is 0 Å². The van der Waals surface area contributed by atoms with E-state index in [0.717, 1.165) is 18.5 Å². The van der Waals surface area contributed by atoms with Crippen LogP contribution in [0.3, 0.4) is 0 Å². The van der Waals surface area contributed by atoms with Gasteiger partial charge in [-0.25, -0.2) is 4.98 Å². The van der Waals surface area contributed by atoms with Gasteiger partial charge in [-0.05, 0) is 35.2 Å². The summed E-state index contributed by atoms with van der Waals surface area (Å²) in [5.74, 6) is 1.17. The van der Waals surface area contributed by atoms with E-state index in [4.69, 9.17) is 4.98 Å². The Balaban J connectivity index is 1.60. The Labute approximate surface area is 161 Å². The number of hydrogen-bond acceptors (Lipinski definition) is 1. The summed E-state index contributed by atoms with van der Waals surface area (Å²) in [7, 11) is 0. The summed E-state index contributed by atoms with van der Waals surface area (Å²) in [6, 6.07) is 27.9. The highest BCUT2D eigenvalue weighted by Gasteiger charge is 2.11. The molecule has 0 unspecified atom stereocenters. The van der Waals surface area contributed by atoms with Gasteiger partial charge < -0.3 is 4.57 Å². The molecule has 4 rings (SSSR count). The van der Waals surface area contributed by atoms with Crippen LogP contribution in [-0.2, 0) is 13.0 Å². The first-order valence-electron chi connectivity index (χ1n) is 9.93. The molecule has 4 aromatic rings. The van der Waals surface area contributed by atoms with Crippen LogP contribution in [0, 0.1) is 0 Å². The van der Waals surface area contributed by atoms with Crippen molar-refractivity contribution in [1.82, 2.24) is 9.55 Å². The lowest BCUT2D eigenvalue weighted by atomic mass is 10.0.